The van der Waals surface area contributed by atoms with E-state index in [1.807, 2.05) is 5.70 Å². The van der Waals surface area contributed by atoms with Gasteiger partial charge in [0.25, 0.3) is 0 Å². The molecule has 0 amide bonds. The monoisotopic (exact) mass is 232 g/mol. The molecule has 0 N–H and O–H groups in total. The molecular formula is C5H11Cl3Si2. The molecule has 0 unspecified atom stereocenters. The Morgan fingerprint density at radius 1 is 1.30 bits per heavy atom. The summed E-state index contributed by atoms with van der Waals surface area (Å²) in [6, 6.07) is -2.41. The number of rotatable bonds is 3. The molecule has 0 aromatic heterocycles. The average molecular weight is 234 g/mol. The molecule has 0 aromatic rings. The molecule has 0 saturated heterocycles. The van der Waals surface area contributed by atoms with E-state index in [2.05, 4.69) is 19.7 Å². The zero-order valence-electron chi connectivity index (χ0n) is 6.13. The third-order valence-electron chi connectivity index (χ3n) is 1.21. The molecular weight excluding hydrogens is 223 g/mol. The summed E-state index contributed by atoms with van der Waals surface area (Å²) in [5.74, 6) is 0. The molecule has 0 aliphatic rings. The zero-order valence-corrected chi connectivity index (χ0v) is 10.4. The molecule has 0 bridgehead atoms. The normalized spacial score (nSPS) is 13.3. The van der Waals surface area contributed by atoms with E-state index in [1.54, 1.807) is 0 Å². The van der Waals surface area contributed by atoms with Crippen LogP contribution in [-0.2, 0) is 0 Å². The Bertz CT molecular complexity index is 127. The fourth-order valence-electron chi connectivity index (χ4n) is 0.589. The van der Waals surface area contributed by atoms with E-state index in [1.165, 1.54) is 0 Å². The number of halogens is 3. The van der Waals surface area contributed by atoms with Gasteiger partial charge in [-0.15, -0.1) is 45.5 Å². The van der Waals surface area contributed by atoms with E-state index in [9.17, 15) is 0 Å². The smallest absolute Gasteiger partial charge is 0.126 e. The molecule has 60 valence electrons. The number of hydrogen-bond donors (Lipinski definition) is 0. The Kier molecular flexibility index (Phi) is 4.01. The maximum Gasteiger partial charge on any atom is 0.339 e. The highest BCUT2D eigenvalue weighted by molar-refractivity contribution is 7.66. The maximum atomic E-state index is 5.75. The molecule has 0 aromatic carbocycles. The van der Waals surface area contributed by atoms with Gasteiger partial charge >= 0.3 is 6.00 Å². The zero-order chi connectivity index (χ0) is 8.41. The van der Waals surface area contributed by atoms with Crippen LogP contribution in [0.2, 0.25) is 18.8 Å². The Labute approximate surface area is 78.3 Å². The minimum atomic E-state index is -2.41. The molecule has 5 heteroatoms. The van der Waals surface area contributed by atoms with Crippen LogP contribution in [0.25, 0.3) is 0 Å². The first-order valence-electron chi connectivity index (χ1n) is 2.97. The van der Waals surface area contributed by atoms with Crippen LogP contribution in [0.3, 0.4) is 0 Å². The van der Waals surface area contributed by atoms with Gasteiger partial charge in [-0.2, -0.15) is 0 Å². The van der Waals surface area contributed by atoms with Crippen LogP contribution in [0.5, 0.6) is 0 Å². The molecule has 10 heavy (non-hydrogen) atoms. The van der Waals surface area contributed by atoms with Crippen molar-refractivity contribution in [2.75, 3.05) is 0 Å². The lowest BCUT2D eigenvalue weighted by Crippen LogP contribution is -2.31. The van der Waals surface area contributed by atoms with Crippen LogP contribution in [-0.4, -0.2) is 14.1 Å². The Morgan fingerprint density at radius 2 is 1.70 bits per heavy atom. The van der Waals surface area contributed by atoms with Crippen molar-refractivity contribution in [2.24, 2.45) is 0 Å². The summed E-state index contributed by atoms with van der Waals surface area (Å²) in [6.07, 6.45) is 0. The second-order valence-electron chi connectivity index (χ2n) is 2.98. The van der Waals surface area contributed by atoms with Gasteiger partial charge in [-0.1, -0.05) is 13.1 Å². The Hall–Kier alpha value is 1.04. The lowest BCUT2D eigenvalue weighted by molar-refractivity contribution is 1.69. The van der Waals surface area contributed by atoms with Gasteiger partial charge in [-0.3, -0.25) is 0 Å². The number of hydrogen-bond acceptors (Lipinski definition) is 0. The molecule has 0 saturated carbocycles. The molecule has 0 spiro atoms. The molecule has 0 nitrogen and oxygen atoms in total. The van der Waals surface area contributed by atoms with E-state index in [0.29, 0.717) is 0 Å². The quantitative estimate of drug-likeness (QED) is 0.516. The van der Waals surface area contributed by atoms with Crippen molar-refractivity contribution in [2.45, 2.75) is 18.8 Å². The fourth-order valence-corrected chi connectivity index (χ4v) is 14.6. The van der Waals surface area contributed by atoms with Gasteiger partial charge in [0.05, 0.1) is 8.07 Å². The summed E-state index contributed by atoms with van der Waals surface area (Å²) in [6.45, 7) is 8.02. The summed E-state index contributed by atoms with van der Waals surface area (Å²) in [7, 11) is -1.38. The topological polar surface area (TPSA) is 0 Å². The Balaban J connectivity index is 4.01. The van der Waals surface area contributed by atoms with Gasteiger partial charge in [0, 0.05) is 0 Å². The van der Waals surface area contributed by atoms with Crippen LogP contribution >= 0.6 is 33.2 Å². The molecule has 0 atom stereocenters. The van der Waals surface area contributed by atoms with Gasteiger partial charge in [0.15, 0.2) is 0 Å². The van der Waals surface area contributed by atoms with E-state index in [4.69, 9.17) is 33.2 Å². The third kappa shape index (κ3) is 5.80. The Morgan fingerprint density at radius 3 is 1.80 bits per heavy atom. The largest absolute Gasteiger partial charge is 0.339 e. The van der Waals surface area contributed by atoms with E-state index in [0.717, 1.165) is 5.67 Å². The minimum Gasteiger partial charge on any atom is -0.126 e. The minimum absolute atomic E-state index is 0.772. The molecule has 0 fully saturated rings. The first-order valence-corrected chi connectivity index (χ1v) is 11.5. The van der Waals surface area contributed by atoms with Gasteiger partial charge in [-0.25, -0.2) is 0 Å². The van der Waals surface area contributed by atoms with Crippen LogP contribution in [0.4, 0.5) is 0 Å². The van der Waals surface area contributed by atoms with Gasteiger partial charge < -0.3 is 0 Å². The molecule has 0 aliphatic carbocycles. The van der Waals surface area contributed by atoms with E-state index < -0.39 is 14.1 Å². The third-order valence-corrected chi connectivity index (χ3v) is 11.2. The van der Waals surface area contributed by atoms with Crippen LogP contribution < -0.4 is 0 Å². The lowest BCUT2D eigenvalue weighted by Gasteiger charge is -2.20. The maximum absolute atomic E-state index is 5.75. The predicted molar refractivity (Wildman–Crippen MR) is 55.8 cm³/mol. The second-order valence-corrected chi connectivity index (χ2v) is 17.6. The van der Waals surface area contributed by atoms with Crippen molar-refractivity contribution in [1.29, 1.82) is 0 Å². The SMILES string of the molecule is C=C[Si](C)(C)C[Si](Cl)(Cl)Cl. The van der Waals surface area contributed by atoms with Gasteiger partial charge in [0.1, 0.15) is 0 Å². The van der Waals surface area contributed by atoms with Crippen molar-refractivity contribution < 1.29 is 0 Å². The fraction of sp³-hybridized carbons (Fsp3) is 0.600. The van der Waals surface area contributed by atoms with Crippen molar-refractivity contribution in [3.8, 4) is 0 Å². The molecule has 0 radical (unpaired) electrons. The lowest BCUT2D eigenvalue weighted by atomic mass is 11.3. The highest BCUT2D eigenvalue weighted by atomic mass is 35.8. The summed E-state index contributed by atoms with van der Waals surface area (Å²) < 4.78 is 0. The van der Waals surface area contributed by atoms with Crippen molar-refractivity contribution >= 4 is 47.3 Å². The molecule has 0 aliphatic heterocycles. The summed E-state index contributed by atoms with van der Waals surface area (Å²) >= 11 is 17.3. The standard InChI is InChI=1S/C5H11Cl3Si2/c1-4-9(2,3)5-10(6,7)8/h4H,1,5H2,2-3H3. The summed E-state index contributed by atoms with van der Waals surface area (Å²) in [4.78, 5) is 0. The molecule has 0 rings (SSSR count). The van der Waals surface area contributed by atoms with Crippen LogP contribution in [0.1, 0.15) is 0 Å². The van der Waals surface area contributed by atoms with Gasteiger partial charge in [-0.05, 0) is 5.67 Å². The molecule has 0 heterocycles. The highest BCUT2D eigenvalue weighted by Gasteiger charge is 2.33. The predicted octanol–water partition coefficient (Wildman–Crippen LogP) is 3.61. The highest BCUT2D eigenvalue weighted by Crippen LogP contribution is 2.30. The van der Waals surface area contributed by atoms with E-state index in [-0.39, 0.29) is 0 Å². The van der Waals surface area contributed by atoms with Crippen molar-refractivity contribution in [1.82, 2.24) is 0 Å². The van der Waals surface area contributed by atoms with Crippen LogP contribution in [0, 0.1) is 0 Å². The second kappa shape index (κ2) is 3.63. The summed E-state index contributed by atoms with van der Waals surface area (Å²) in [5, 5.41) is 0. The first-order chi connectivity index (χ1) is 4.27. The van der Waals surface area contributed by atoms with Crippen LogP contribution in [0.15, 0.2) is 12.3 Å². The summed E-state index contributed by atoms with van der Waals surface area (Å²) in [5.41, 5.74) is 2.73. The van der Waals surface area contributed by atoms with Crippen molar-refractivity contribution in [3.63, 3.8) is 0 Å². The first kappa shape index (κ1) is 11.0. The average Bonchev–Trinajstić information content (AvgIpc) is 1.60. The van der Waals surface area contributed by atoms with E-state index >= 15 is 0 Å². The van der Waals surface area contributed by atoms with Gasteiger partial charge in [0.2, 0.25) is 0 Å². The van der Waals surface area contributed by atoms with Crippen molar-refractivity contribution in [3.05, 3.63) is 12.3 Å².